The van der Waals surface area contributed by atoms with Gasteiger partial charge in [0.1, 0.15) is 16.2 Å². The van der Waals surface area contributed by atoms with Gasteiger partial charge in [0.2, 0.25) is 0 Å². The number of benzene rings is 3. The number of hydrogen-bond donors (Lipinski definition) is 1. The summed E-state index contributed by atoms with van der Waals surface area (Å²) in [5.41, 5.74) is 2.85. The average Bonchev–Trinajstić information content (AvgIpc) is 3.26. The molecule has 27 heavy (non-hydrogen) atoms. The van der Waals surface area contributed by atoms with Crippen molar-refractivity contribution in [1.29, 1.82) is 0 Å². The Morgan fingerprint density at radius 3 is 1.81 bits per heavy atom. The fourth-order valence-electron chi connectivity index (χ4n) is 3.38. The second kappa shape index (κ2) is 6.52. The Morgan fingerprint density at radius 1 is 0.704 bits per heavy atom. The molecule has 2 heterocycles. The standard InChI is InChI=1S/C22H17N3OS/c26-22-24(17-12-6-2-7-13-17)19-21(25(22)18-14-8-3-9-15-18)27-20(23-19)16-10-4-1-5-11-16/h1-15,20,23H. The molecule has 0 amide bonds. The highest BCUT2D eigenvalue weighted by molar-refractivity contribution is 8.00. The lowest BCUT2D eigenvalue weighted by atomic mass is 10.2. The Hall–Kier alpha value is -3.18. The number of rotatable bonds is 3. The number of thioether (sulfide) groups is 1. The third-order valence-corrected chi connectivity index (χ3v) is 5.87. The minimum absolute atomic E-state index is 0.0658. The van der Waals surface area contributed by atoms with Crippen LogP contribution >= 0.6 is 11.8 Å². The molecule has 5 heteroatoms. The van der Waals surface area contributed by atoms with E-state index in [2.05, 4.69) is 17.4 Å². The fourth-order valence-corrected chi connectivity index (χ4v) is 4.62. The molecular formula is C22H17N3OS. The third-order valence-electron chi connectivity index (χ3n) is 4.64. The quantitative estimate of drug-likeness (QED) is 0.560. The largest absolute Gasteiger partial charge is 0.353 e. The van der Waals surface area contributed by atoms with Crippen LogP contribution in [0.5, 0.6) is 0 Å². The number of anilines is 1. The van der Waals surface area contributed by atoms with Gasteiger partial charge in [0, 0.05) is 0 Å². The zero-order valence-electron chi connectivity index (χ0n) is 14.4. The minimum atomic E-state index is -0.0658. The lowest BCUT2D eigenvalue weighted by Gasteiger charge is -2.13. The molecule has 132 valence electrons. The first-order chi connectivity index (χ1) is 13.3. The Balaban J connectivity index is 1.71. The molecule has 3 aromatic carbocycles. The van der Waals surface area contributed by atoms with Crippen LogP contribution < -0.4 is 11.0 Å². The van der Waals surface area contributed by atoms with Gasteiger partial charge in [-0.1, -0.05) is 78.5 Å². The van der Waals surface area contributed by atoms with Crippen molar-refractivity contribution in [3.05, 3.63) is 107 Å². The molecule has 0 spiro atoms. The Morgan fingerprint density at radius 2 is 1.22 bits per heavy atom. The molecule has 0 bridgehead atoms. The molecule has 1 atom stereocenters. The van der Waals surface area contributed by atoms with Crippen molar-refractivity contribution in [2.24, 2.45) is 0 Å². The van der Waals surface area contributed by atoms with Gasteiger partial charge in [0.25, 0.3) is 0 Å². The Bertz CT molecular complexity index is 1060. The highest BCUT2D eigenvalue weighted by Gasteiger charge is 2.32. The molecule has 1 aliphatic heterocycles. The van der Waals surface area contributed by atoms with Crippen LogP contribution in [0.1, 0.15) is 10.9 Å². The van der Waals surface area contributed by atoms with Gasteiger partial charge in [0.15, 0.2) is 0 Å². The van der Waals surface area contributed by atoms with Crippen molar-refractivity contribution in [1.82, 2.24) is 9.13 Å². The van der Waals surface area contributed by atoms with E-state index in [1.807, 2.05) is 78.9 Å². The summed E-state index contributed by atoms with van der Waals surface area (Å²) in [5.74, 6) is 0.842. The lowest BCUT2D eigenvalue weighted by molar-refractivity contribution is 0.867. The van der Waals surface area contributed by atoms with E-state index in [0.717, 1.165) is 22.2 Å². The molecule has 4 nitrogen and oxygen atoms in total. The summed E-state index contributed by atoms with van der Waals surface area (Å²) in [6, 6.07) is 29.9. The molecule has 1 aliphatic rings. The second-order valence-corrected chi connectivity index (χ2v) is 7.42. The highest BCUT2D eigenvalue weighted by Crippen LogP contribution is 2.47. The molecule has 1 N–H and O–H groups in total. The SMILES string of the molecule is O=c1n(-c2ccccc2)c2c(n1-c1ccccc1)SC(c1ccccc1)N2. The molecule has 0 fully saturated rings. The maximum atomic E-state index is 13.3. The smallest absolute Gasteiger partial charge is 0.339 e. The number of nitrogens with zero attached hydrogens (tertiary/aromatic N) is 2. The van der Waals surface area contributed by atoms with Crippen LogP contribution in [-0.2, 0) is 0 Å². The topological polar surface area (TPSA) is 39.0 Å². The van der Waals surface area contributed by atoms with E-state index < -0.39 is 0 Å². The van der Waals surface area contributed by atoms with Crippen molar-refractivity contribution in [2.45, 2.75) is 10.4 Å². The monoisotopic (exact) mass is 371 g/mol. The molecule has 0 radical (unpaired) electrons. The summed E-state index contributed by atoms with van der Waals surface area (Å²) in [4.78, 5) is 13.3. The fraction of sp³-hybridized carbons (Fsp3) is 0.0455. The highest BCUT2D eigenvalue weighted by atomic mass is 32.2. The predicted molar refractivity (Wildman–Crippen MR) is 110 cm³/mol. The maximum Gasteiger partial charge on any atom is 0.339 e. The van der Waals surface area contributed by atoms with Crippen molar-refractivity contribution in [2.75, 3.05) is 5.32 Å². The van der Waals surface area contributed by atoms with Crippen LogP contribution in [0, 0.1) is 0 Å². The van der Waals surface area contributed by atoms with Crippen LogP contribution in [0.25, 0.3) is 11.4 Å². The summed E-state index contributed by atoms with van der Waals surface area (Å²) in [7, 11) is 0. The molecule has 1 unspecified atom stereocenters. The van der Waals surface area contributed by atoms with Gasteiger partial charge < -0.3 is 5.32 Å². The van der Waals surface area contributed by atoms with Gasteiger partial charge in [0.05, 0.1) is 11.4 Å². The second-order valence-electron chi connectivity index (χ2n) is 6.33. The molecule has 5 rings (SSSR count). The van der Waals surface area contributed by atoms with Crippen LogP contribution in [0.4, 0.5) is 5.82 Å². The van der Waals surface area contributed by atoms with E-state index in [0.29, 0.717) is 0 Å². The number of hydrogen-bond acceptors (Lipinski definition) is 3. The third kappa shape index (κ3) is 2.67. The number of nitrogens with one attached hydrogen (secondary N) is 1. The van der Waals surface area contributed by atoms with E-state index in [1.54, 1.807) is 20.9 Å². The average molecular weight is 371 g/mol. The zero-order chi connectivity index (χ0) is 18.2. The Kier molecular flexibility index (Phi) is 3.87. The molecule has 0 aliphatic carbocycles. The normalized spacial score (nSPS) is 15.3. The van der Waals surface area contributed by atoms with Gasteiger partial charge in [-0.25, -0.2) is 9.36 Å². The van der Waals surface area contributed by atoms with Crippen LogP contribution in [0.2, 0.25) is 0 Å². The van der Waals surface area contributed by atoms with Gasteiger partial charge in [-0.3, -0.25) is 4.57 Å². The molecule has 1 aromatic heterocycles. The van der Waals surface area contributed by atoms with Crippen molar-refractivity contribution in [3.8, 4) is 11.4 Å². The number of imidazole rings is 1. The first-order valence-electron chi connectivity index (χ1n) is 8.79. The van der Waals surface area contributed by atoms with Crippen LogP contribution in [0.15, 0.2) is 101 Å². The maximum absolute atomic E-state index is 13.3. The molecule has 4 aromatic rings. The van der Waals surface area contributed by atoms with Gasteiger partial charge >= 0.3 is 5.69 Å². The molecule has 0 saturated heterocycles. The van der Waals surface area contributed by atoms with Crippen molar-refractivity contribution < 1.29 is 0 Å². The molecular weight excluding hydrogens is 354 g/mol. The number of aromatic nitrogens is 2. The summed E-state index contributed by atoms with van der Waals surface area (Å²) in [6.45, 7) is 0. The first kappa shape index (κ1) is 16.0. The van der Waals surface area contributed by atoms with Gasteiger partial charge in [-0.05, 0) is 29.8 Å². The summed E-state index contributed by atoms with van der Waals surface area (Å²) in [5, 5.41) is 4.56. The summed E-state index contributed by atoms with van der Waals surface area (Å²) < 4.78 is 3.56. The number of fused-ring (bicyclic) bond motifs is 1. The Labute approximate surface area is 161 Å². The number of para-hydroxylation sites is 2. The van der Waals surface area contributed by atoms with E-state index in [9.17, 15) is 4.79 Å². The first-order valence-corrected chi connectivity index (χ1v) is 9.67. The van der Waals surface area contributed by atoms with Gasteiger partial charge in [-0.15, -0.1) is 0 Å². The van der Waals surface area contributed by atoms with Crippen molar-refractivity contribution >= 4 is 17.6 Å². The van der Waals surface area contributed by atoms with E-state index >= 15 is 0 Å². The van der Waals surface area contributed by atoms with Crippen LogP contribution in [-0.4, -0.2) is 9.13 Å². The van der Waals surface area contributed by atoms with Crippen molar-refractivity contribution in [3.63, 3.8) is 0 Å². The predicted octanol–water partition coefficient (Wildman–Crippen LogP) is 4.84. The summed E-state index contributed by atoms with van der Waals surface area (Å²) >= 11 is 1.67. The zero-order valence-corrected chi connectivity index (χ0v) is 15.3. The minimum Gasteiger partial charge on any atom is -0.353 e. The van der Waals surface area contributed by atoms with E-state index in [-0.39, 0.29) is 11.1 Å². The van der Waals surface area contributed by atoms with Gasteiger partial charge in [-0.2, -0.15) is 0 Å². The van der Waals surface area contributed by atoms with Crippen LogP contribution in [0.3, 0.4) is 0 Å². The summed E-state index contributed by atoms with van der Waals surface area (Å²) in [6.07, 6.45) is 0. The lowest BCUT2D eigenvalue weighted by Crippen LogP contribution is -2.24. The van der Waals surface area contributed by atoms with E-state index in [4.69, 9.17) is 0 Å². The molecule has 0 saturated carbocycles. The van der Waals surface area contributed by atoms with E-state index in [1.165, 1.54) is 5.56 Å².